The van der Waals surface area contributed by atoms with Crippen molar-refractivity contribution >= 4 is 40.4 Å². The van der Waals surface area contributed by atoms with E-state index in [2.05, 4.69) is 0 Å². The van der Waals surface area contributed by atoms with Gasteiger partial charge in [-0.15, -0.1) is 0 Å². The van der Waals surface area contributed by atoms with Gasteiger partial charge < -0.3 is 4.90 Å². The van der Waals surface area contributed by atoms with Gasteiger partial charge in [-0.3, -0.25) is 19.3 Å². The Kier molecular flexibility index (Phi) is 4.59. The summed E-state index contributed by atoms with van der Waals surface area (Å²) in [4.78, 5) is 38.2. The molecular weight excluding hydrogens is 343 g/mol. The number of hydrogen-bond donors (Lipinski definition) is 0. The Morgan fingerprint density at radius 1 is 1.35 bits per heavy atom. The molecule has 23 heavy (non-hydrogen) atoms. The molecule has 2 heterocycles. The van der Waals surface area contributed by atoms with Crippen molar-refractivity contribution in [2.45, 2.75) is 18.9 Å². The van der Waals surface area contributed by atoms with Crippen molar-refractivity contribution < 1.29 is 18.8 Å². The predicted molar refractivity (Wildman–Crippen MR) is 84.8 cm³/mol. The molecule has 0 aromatic heterocycles. The first-order valence-electron chi connectivity index (χ1n) is 7.16. The molecule has 0 unspecified atom stereocenters. The maximum absolute atomic E-state index is 13.1. The van der Waals surface area contributed by atoms with E-state index >= 15 is 0 Å². The monoisotopic (exact) mass is 356 g/mol. The highest BCUT2D eigenvalue weighted by atomic mass is 35.5. The number of imide groups is 1. The van der Waals surface area contributed by atoms with Crippen LogP contribution < -0.4 is 0 Å². The second kappa shape index (κ2) is 6.49. The lowest BCUT2D eigenvalue weighted by Gasteiger charge is -2.42. The van der Waals surface area contributed by atoms with Crippen LogP contribution in [0.1, 0.15) is 12.0 Å². The van der Waals surface area contributed by atoms with E-state index in [0.29, 0.717) is 19.5 Å². The molecule has 8 heteroatoms. The summed E-state index contributed by atoms with van der Waals surface area (Å²) in [5.41, 5.74) is 0.795. The minimum Gasteiger partial charge on any atom is -0.338 e. The molecule has 0 spiro atoms. The maximum Gasteiger partial charge on any atom is 0.289 e. The summed E-state index contributed by atoms with van der Waals surface area (Å²) < 4.78 is 13.1. The van der Waals surface area contributed by atoms with E-state index in [1.54, 1.807) is 11.0 Å². The standard InChI is InChI=1S/C15H14ClFN2O3S/c16-11-5-9(1-3-12(11)17)2-4-13(20)18-6-10(7-18)19-14(21)8-23-15(19)22/h1,3,5,10H,2,4,6-8H2. The van der Waals surface area contributed by atoms with Gasteiger partial charge in [0.15, 0.2) is 0 Å². The number of carbonyl (C=O) groups excluding carboxylic acids is 3. The van der Waals surface area contributed by atoms with Crippen LogP contribution in [-0.2, 0) is 16.0 Å². The van der Waals surface area contributed by atoms with Crippen LogP contribution in [0.15, 0.2) is 18.2 Å². The molecule has 2 fully saturated rings. The molecule has 0 atom stereocenters. The van der Waals surface area contributed by atoms with Crippen LogP contribution in [0.25, 0.3) is 0 Å². The van der Waals surface area contributed by atoms with Gasteiger partial charge in [-0.25, -0.2) is 4.39 Å². The van der Waals surface area contributed by atoms with Crippen LogP contribution in [-0.4, -0.2) is 51.7 Å². The van der Waals surface area contributed by atoms with Crippen LogP contribution in [0.2, 0.25) is 5.02 Å². The minimum absolute atomic E-state index is 0.0440. The van der Waals surface area contributed by atoms with Crippen molar-refractivity contribution in [2.75, 3.05) is 18.8 Å². The van der Waals surface area contributed by atoms with Gasteiger partial charge in [-0.2, -0.15) is 0 Å². The first kappa shape index (κ1) is 16.3. The van der Waals surface area contributed by atoms with Crippen molar-refractivity contribution in [2.24, 2.45) is 0 Å². The zero-order chi connectivity index (χ0) is 16.6. The zero-order valence-corrected chi connectivity index (χ0v) is 13.7. The van der Waals surface area contributed by atoms with Gasteiger partial charge in [-0.1, -0.05) is 29.4 Å². The van der Waals surface area contributed by atoms with E-state index in [1.807, 2.05) is 0 Å². The summed E-state index contributed by atoms with van der Waals surface area (Å²) in [5.74, 6) is -0.522. The minimum atomic E-state index is -0.481. The molecule has 0 N–H and O–H groups in total. The Morgan fingerprint density at radius 3 is 2.70 bits per heavy atom. The summed E-state index contributed by atoms with van der Waals surface area (Å²) in [7, 11) is 0. The fourth-order valence-electron chi connectivity index (χ4n) is 2.64. The lowest BCUT2D eigenvalue weighted by molar-refractivity contribution is -0.142. The molecule has 0 radical (unpaired) electrons. The molecular formula is C15H14ClFN2O3S. The van der Waals surface area contributed by atoms with Crippen LogP contribution >= 0.6 is 23.4 Å². The number of carbonyl (C=O) groups is 3. The molecule has 0 saturated carbocycles. The van der Waals surface area contributed by atoms with E-state index in [1.165, 1.54) is 17.0 Å². The van der Waals surface area contributed by atoms with E-state index < -0.39 is 5.82 Å². The highest BCUT2D eigenvalue weighted by molar-refractivity contribution is 8.14. The highest BCUT2D eigenvalue weighted by Gasteiger charge is 2.43. The first-order valence-corrected chi connectivity index (χ1v) is 8.52. The molecule has 2 aliphatic rings. The molecule has 1 aromatic rings. The molecule has 0 bridgehead atoms. The Bertz CT molecular complexity index is 663. The molecule has 1 aromatic carbocycles. The highest BCUT2D eigenvalue weighted by Crippen LogP contribution is 2.26. The molecule has 3 amide bonds. The number of hydrogen-bond acceptors (Lipinski definition) is 4. The number of likely N-dealkylation sites (tertiary alicyclic amines) is 1. The fraction of sp³-hybridized carbons (Fsp3) is 0.400. The SMILES string of the molecule is O=C(CCc1ccc(F)c(Cl)c1)N1CC(N2C(=O)CSC2=O)C1. The third kappa shape index (κ3) is 3.35. The van der Waals surface area contributed by atoms with Gasteiger partial charge in [0, 0.05) is 19.5 Å². The van der Waals surface area contributed by atoms with Crippen LogP contribution in [0.4, 0.5) is 9.18 Å². The summed E-state index contributed by atoms with van der Waals surface area (Å²) in [6.45, 7) is 0.780. The molecule has 122 valence electrons. The quantitative estimate of drug-likeness (QED) is 0.830. The van der Waals surface area contributed by atoms with E-state index in [-0.39, 0.29) is 40.3 Å². The fourth-order valence-corrected chi connectivity index (χ4v) is 3.62. The van der Waals surface area contributed by atoms with E-state index in [9.17, 15) is 18.8 Å². The zero-order valence-electron chi connectivity index (χ0n) is 12.1. The van der Waals surface area contributed by atoms with Gasteiger partial charge in [0.05, 0.1) is 16.8 Å². The lowest BCUT2D eigenvalue weighted by Crippen LogP contribution is -2.62. The first-order chi connectivity index (χ1) is 11.0. The Balaban J connectivity index is 1.48. The van der Waals surface area contributed by atoms with Gasteiger partial charge >= 0.3 is 0 Å². The van der Waals surface area contributed by atoms with Crippen molar-refractivity contribution in [3.05, 3.63) is 34.6 Å². The largest absolute Gasteiger partial charge is 0.338 e. The number of rotatable bonds is 4. The second-order valence-corrected chi connectivity index (χ2v) is 6.85. The van der Waals surface area contributed by atoms with Crippen LogP contribution in [0.3, 0.4) is 0 Å². The Hall–Kier alpha value is -1.60. The van der Waals surface area contributed by atoms with Gasteiger partial charge in [0.1, 0.15) is 5.82 Å². The number of halogens is 2. The van der Waals surface area contributed by atoms with E-state index in [4.69, 9.17) is 11.6 Å². The normalized spacial score (nSPS) is 18.5. The van der Waals surface area contributed by atoms with Crippen molar-refractivity contribution in [1.29, 1.82) is 0 Å². The Labute approximate surface area is 141 Å². The van der Waals surface area contributed by atoms with Crippen LogP contribution in [0, 0.1) is 5.82 Å². The summed E-state index contributed by atoms with van der Waals surface area (Å²) in [6.07, 6.45) is 0.753. The topological polar surface area (TPSA) is 57.7 Å². The van der Waals surface area contributed by atoms with Crippen LogP contribution in [0.5, 0.6) is 0 Å². The third-order valence-corrected chi connectivity index (χ3v) is 5.10. The molecule has 2 saturated heterocycles. The third-order valence-electron chi connectivity index (χ3n) is 3.98. The molecule has 3 rings (SSSR count). The summed E-state index contributed by atoms with van der Waals surface area (Å²) in [5, 5.41) is -0.185. The van der Waals surface area contributed by atoms with Gasteiger partial charge in [0.25, 0.3) is 5.24 Å². The Morgan fingerprint density at radius 2 is 2.09 bits per heavy atom. The average molecular weight is 357 g/mol. The predicted octanol–water partition coefficient (Wildman–Crippen LogP) is 2.32. The van der Waals surface area contributed by atoms with Crippen molar-refractivity contribution in [3.63, 3.8) is 0 Å². The number of nitrogens with zero attached hydrogens (tertiary/aromatic N) is 2. The average Bonchev–Trinajstić information content (AvgIpc) is 2.79. The maximum atomic E-state index is 13.1. The lowest BCUT2D eigenvalue weighted by atomic mass is 10.0. The summed E-state index contributed by atoms with van der Waals surface area (Å²) >= 11 is 6.71. The van der Waals surface area contributed by atoms with Gasteiger partial charge in [-0.05, 0) is 24.1 Å². The van der Waals surface area contributed by atoms with Crippen molar-refractivity contribution in [1.82, 2.24) is 9.80 Å². The van der Waals surface area contributed by atoms with E-state index in [0.717, 1.165) is 17.3 Å². The smallest absolute Gasteiger partial charge is 0.289 e. The van der Waals surface area contributed by atoms with Crippen molar-refractivity contribution in [3.8, 4) is 0 Å². The number of thioether (sulfide) groups is 1. The number of amides is 3. The number of benzene rings is 1. The molecule has 5 nitrogen and oxygen atoms in total. The molecule has 0 aliphatic carbocycles. The van der Waals surface area contributed by atoms with Gasteiger partial charge in [0.2, 0.25) is 11.8 Å². The number of aryl methyl sites for hydroxylation is 1. The second-order valence-electron chi connectivity index (χ2n) is 5.52. The molecule has 2 aliphatic heterocycles. The summed E-state index contributed by atoms with van der Waals surface area (Å²) in [6, 6.07) is 4.20.